The van der Waals surface area contributed by atoms with Crippen molar-refractivity contribution in [3.05, 3.63) is 23.2 Å². The highest BCUT2D eigenvalue weighted by atomic mass is 32.2. The van der Waals surface area contributed by atoms with Gasteiger partial charge in [-0.3, -0.25) is 9.59 Å². The molecule has 1 heterocycles. The van der Waals surface area contributed by atoms with Crippen LogP contribution >= 0.6 is 23.1 Å². The highest BCUT2D eigenvalue weighted by molar-refractivity contribution is 8.01. The lowest BCUT2D eigenvalue weighted by Gasteiger charge is -2.12. The van der Waals surface area contributed by atoms with Crippen molar-refractivity contribution in [2.75, 3.05) is 23.5 Å². The number of hydrogen-bond donors (Lipinski definition) is 2. The molecule has 0 aliphatic heterocycles. The van der Waals surface area contributed by atoms with Crippen LogP contribution in [-0.4, -0.2) is 34.9 Å². The van der Waals surface area contributed by atoms with E-state index in [1.54, 1.807) is 18.2 Å². The van der Waals surface area contributed by atoms with Crippen LogP contribution in [0.25, 0.3) is 0 Å². The molecule has 2 amide bonds. The molecular weight excluding hydrogens is 336 g/mol. The zero-order valence-corrected chi connectivity index (χ0v) is 14.5. The highest BCUT2D eigenvalue weighted by Gasteiger charge is 2.11. The van der Waals surface area contributed by atoms with E-state index >= 15 is 0 Å². The quantitative estimate of drug-likeness (QED) is 0.776. The van der Waals surface area contributed by atoms with Gasteiger partial charge in [-0.25, -0.2) is 0 Å². The molecule has 0 aliphatic rings. The first-order chi connectivity index (χ1) is 11.0. The number of benzene rings is 1. The van der Waals surface area contributed by atoms with Crippen LogP contribution in [0.15, 0.2) is 22.5 Å². The number of amides is 2. The third-order valence-electron chi connectivity index (χ3n) is 2.65. The van der Waals surface area contributed by atoms with Crippen LogP contribution in [-0.2, 0) is 9.59 Å². The molecule has 23 heavy (non-hydrogen) atoms. The molecule has 2 aromatic rings. The molecule has 0 aliphatic carbocycles. The van der Waals surface area contributed by atoms with E-state index in [-0.39, 0.29) is 17.6 Å². The molecule has 1 aromatic carbocycles. The summed E-state index contributed by atoms with van der Waals surface area (Å²) in [6, 6.07) is 5.04. The predicted octanol–water partition coefficient (Wildman–Crippen LogP) is 2.54. The number of rotatable bonds is 6. The molecule has 1 aromatic heterocycles. The van der Waals surface area contributed by atoms with Crippen LogP contribution in [0.1, 0.15) is 11.9 Å². The SMILES string of the molecule is COc1ccc(NC(C)=O)c(NC(=O)CSc2nnc(C)s2)c1. The zero-order chi connectivity index (χ0) is 16.8. The normalized spacial score (nSPS) is 10.2. The van der Waals surface area contributed by atoms with Crippen molar-refractivity contribution in [1.82, 2.24) is 10.2 Å². The van der Waals surface area contributed by atoms with Crippen molar-refractivity contribution in [3.8, 4) is 5.75 Å². The highest BCUT2D eigenvalue weighted by Crippen LogP contribution is 2.28. The Balaban J connectivity index is 2.04. The van der Waals surface area contributed by atoms with Gasteiger partial charge in [0.2, 0.25) is 11.8 Å². The first-order valence-electron chi connectivity index (χ1n) is 6.66. The van der Waals surface area contributed by atoms with Gasteiger partial charge in [0.1, 0.15) is 10.8 Å². The molecule has 122 valence electrons. The summed E-state index contributed by atoms with van der Waals surface area (Å²) in [5.41, 5.74) is 1.00. The lowest BCUT2D eigenvalue weighted by atomic mass is 10.2. The number of nitrogens with one attached hydrogen (secondary N) is 2. The Morgan fingerprint density at radius 3 is 2.65 bits per heavy atom. The van der Waals surface area contributed by atoms with Gasteiger partial charge in [-0.1, -0.05) is 23.1 Å². The number of carbonyl (C=O) groups excluding carboxylic acids is 2. The van der Waals surface area contributed by atoms with E-state index in [0.717, 1.165) is 9.35 Å². The lowest BCUT2D eigenvalue weighted by Crippen LogP contribution is -2.16. The van der Waals surface area contributed by atoms with E-state index in [1.165, 1.54) is 37.1 Å². The van der Waals surface area contributed by atoms with Gasteiger partial charge in [-0.15, -0.1) is 10.2 Å². The predicted molar refractivity (Wildman–Crippen MR) is 91.3 cm³/mol. The van der Waals surface area contributed by atoms with Gasteiger partial charge >= 0.3 is 0 Å². The summed E-state index contributed by atoms with van der Waals surface area (Å²) in [4.78, 5) is 23.3. The van der Waals surface area contributed by atoms with E-state index in [2.05, 4.69) is 20.8 Å². The average molecular weight is 352 g/mol. The molecule has 0 radical (unpaired) electrons. The second-order valence-electron chi connectivity index (χ2n) is 4.52. The minimum Gasteiger partial charge on any atom is -0.497 e. The topological polar surface area (TPSA) is 93.2 Å². The van der Waals surface area contributed by atoms with Gasteiger partial charge in [-0.2, -0.15) is 0 Å². The Morgan fingerprint density at radius 2 is 2.04 bits per heavy atom. The number of anilines is 2. The third-order valence-corrected chi connectivity index (χ3v) is 4.62. The Morgan fingerprint density at radius 1 is 1.26 bits per heavy atom. The van der Waals surface area contributed by atoms with E-state index in [9.17, 15) is 9.59 Å². The van der Waals surface area contributed by atoms with Crippen LogP contribution in [0.5, 0.6) is 5.75 Å². The summed E-state index contributed by atoms with van der Waals surface area (Å²) in [6.07, 6.45) is 0. The molecule has 0 atom stereocenters. The molecule has 2 rings (SSSR count). The molecule has 2 N–H and O–H groups in total. The van der Waals surface area contributed by atoms with Crippen molar-refractivity contribution in [2.24, 2.45) is 0 Å². The van der Waals surface area contributed by atoms with Crippen molar-refractivity contribution in [2.45, 2.75) is 18.2 Å². The number of nitrogens with zero attached hydrogens (tertiary/aromatic N) is 2. The molecule has 0 saturated heterocycles. The summed E-state index contributed by atoms with van der Waals surface area (Å²) < 4.78 is 5.88. The average Bonchev–Trinajstić information content (AvgIpc) is 2.92. The minimum absolute atomic E-state index is 0.200. The zero-order valence-electron chi connectivity index (χ0n) is 12.9. The Bertz CT molecular complexity index is 718. The number of carbonyl (C=O) groups is 2. The van der Waals surface area contributed by atoms with Crippen molar-refractivity contribution in [1.29, 1.82) is 0 Å². The van der Waals surface area contributed by atoms with E-state index in [4.69, 9.17) is 4.74 Å². The molecule has 9 heteroatoms. The molecule has 0 spiro atoms. The largest absolute Gasteiger partial charge is 0.497 e. The Hall–Kier alpha value is -2.13. The van der Waals surface area contributed by atoms with Crippen molar-refractivity contribution in [3.63, 3.8) is 0 Å². The molecule has 0 saturated carbocycles. The maximum Gasteiger partial charge on any atom is 0.234 e. The standard InChI is InChI=1S/C14H16N4O3S2/c1-8(19)15-11-5-4-10(21-3)6-12(11)16-13(20)7-22-14-18-17-9(2)23-14/h4-6H,7H2,1-3H3,(H,15,19)(H,16,20). The number of aromatic nitrogens is 2. The van der Waals surface area contributed by atoms with Gasteiger partial charge in [0.05, 0.1) is 24.2 Å². The van der Waals surface area contributed by atoms with Crippen molar-refractivity contribution < 1.29 is 14.3 Å². The van der Waals surface area contributed by atoms with Gasteiger partial charge < -0.3 is 15.4 Å². The van der Waals surface area contributed by atoms with Crippen LogP contribution in [0.2, 0.25) is 0 Å². The molecule has 0 bridgehead atoms. The van der Waals surface area contributed by atoms with Crippen LogP contribution in [0.3, 0.4) is 0 Å². The maximum absolute atomic E-state index is 12.1. The second kappa shape index (κ2) is 7.93. The fourth-order valence-electron chi connectivity index (χ4n) is 1.70. The van der Waals surface area contributed by atoms with Gasteiger partial charge in [0.15, 0.2) is 4.34 Å². The summed E-state index contributed by atoms with van der Waals surface area (Å²) in [7, 11) is 1.53. The van der Waals surface area contributed by atoms with Gasteiger partial charge in [-0.05, 0) is 19.1 Å². The fourth-order valence-corrected chi connectivity index (χ4v) is 3.32. The van der Waals surface area contributed by atoms with Gasteiger partial charge in [0.25, 0.3) is 0 Å². The summed E-state index contributed by atoms with van der Waals surface area (Å²) >= 11 is 2.75. The smallest absolute Gasteiger partial charge is 0.234 e. The molecule has 0 fully saturated rings. The summed E-state index contributed by atoms with van der Waals surface area (Å²) in [5, 5.41) is 14.1. The van der Waals surface area contributed by atoms with Gasteiger partial charge in [0, 0.05) is 13.0 Å². The number of aryl methyl sites for hydroxylation is 1. The number of methoxy groups -OCH3 is 1. The first-order valence-corrected chi connectivity index (χ1v) is 8.46. The number of hydrogen-bond acceptors (Lipinski definition) is 7. The fraction of sp³-hybridized carbons (Fsp3) is 0.286. The monoisotopic (exact) mass is 352 g/mol. The Labute approximate surface area is 141 Å². The van der Waals surface area contributed by atoms with Crippen molar-refractivity contribution >= 4 is 46.3 Å². The van der Waals surface area contributed by atoms with Crippen LogP contribution in [0.4, 0.5) is 11.4 Å². The number of thioether (sulfide) groups is 1. The molecule has 0 unspecified atom stereocenters. The minimum atomic E-state index is -0.218. The van der Waals surface area contributed by atoms with E-state index in [0.29, 0.717) is 17.1 Å². The summed E-state index contributed by atoms with van der Waals surface area (Å²) in [6.45, 7) is 3.27. The molecule has 7 nitrogen and oxygen atoms in total. The summed E-state index contributed by atoms with van der Waals surface area (Å²) in [5.74, 6) is 0.361. The third kappa shape index (κ3) is 5.22. The second-order valence-corrected chi connectivity index (χ2v) is 6.92. The van der Waals surface area contributed by atoms with Crippen LogP contribution in [0, 0.1) is 6.92 Å². The van der Waals surface area contributed by atoms with Crippen LogP contribution < -0.4 is 15.4 Å². The van der Waals surface area contributed by atoms with E-state index in [1.807, 2.05) is 6.92 Å². The maximum atomic E-state index is 12.1. The Kier molecular flexibility index (Phi) is 5.94. The lowest BCUT2D eigenvalue weighted by molar-refractivity contribution is -0.115. The first kappa shape index (κ1) is 17.2. The molecular formula is C14H16N4O3S2. The van der Waals surface area contributed by atoms with E-state index < -0.39 is 0 Å². The number of ether oxygens (including phenoxy) is 1.